The molecule has 6 nitrogen and oxygen atoms in total. The van der Waals surface area contributed by atoms with Gasteiger partial charge in [-0.2, -0.15) is 0 Å². The summed E-state index contributed by atoms with van der Waals surface area (Å²) in [5, 5.41) is 12.7. The van der Waals surface area contributed by atoms with Crippen LogP contribution in [0.3, 0.4) is 0 Å². The van der Waals surface area contributed by atoms with Crippen LogP contribution in [0.25, 0.3) is 0 Å². The molecule has 1 saturated carbocycles. The number of carbonyl (C=O) groups excluding carboxylic acids is 1. The Morgan fingerprint density at radius 3 is 2.85 bits per heavy atom. The maximum Gasteiger partial charge on any atom is 0.317 e. The number of para-hydroxylation sites is 1. The predicted octanol–water partition coefficient (Wildman–Crippen LogP) is 2.84. The summed E-state index contributed by atoms with van der Waals surface area (Å²) in [5.41, 5.74) is 0.424. The Hall–Kier alpha value is -2.24. The number of ether oxygens (including phenoxy) is 1. The van der Waals surface area contributed by atoms with Crippen LogP contribution in [-0.4, -0.2) is 47.2 Å². The third-order valence-corrected chi connectivity index (χ3v) is 6.59. The van der Waals surface area contributed by atoms with Gasteiger partial charge < -0.3 is 20.1 Å². The molecule has 6 heteroatoms. The zero-order valence-electron chi connectivity index (χ0n) is 15.3. The van der Waals surface area contributed by atoms with Crippen LogP contribution < -0.4 is 10.1 Å². The molecule has 2 fully saturated rings. The van der Waals surface area contributed by atoms with Crippen LogP contribution in [-0.2, 0) is 4.79 Å². The highest BCUT2D eigenvalue weighted by Gasteiger charge is 2.56. The van der Waals surface area contributed by atoms with E-state index in [4.69, 9.17) is 4.74 Å². The van der Waals surface area contributed by atoms with Gasteiger partial charge in [0, 0.05) is 24.6 Å². The van der Waals surface area contributed by atoms with Crippen molar-refractivity contribution < 1.29 is 19.4 Å². The minimum absolute atomic E-state index is 0.0759. The Bertz CT molecular complexity index is 736. The summed E-state index contributed by atoms with van der Waals surface area (Å²) in [4.78, 5) is 26.2. The lowest BCUT2D eigenvalue weighted by Gasteiger charge is -2.27. The number of rotatable bonds is 3. The van der Waals surface area contributed by atoms with E-state index in [0.29, 0.717) is 19.5 Å². The summed E-state index contributed by atoms with van der Waals surface area (Å²) >= 11 is 0. The minimum atomic E-state index is -0.758. The first kappa shape index (κ1) is 17.2. The number of hydrogen-bond donors (Lipinski definition) is 2. The first-order valence-corrected chi connectivity index (χ1v) is 9.47. The van der Waals surface area contributed by atoms with Gasteiger partial charge in [-0.05, 0) is 31.7 Å². The molecule has 0 spiro atoms. The topological polar surface area (TPSA) is 78.9 Å². The fraction of sp³-hybridized carbons (Fsp3) is 0.600. The number of likely N-dealkylation sites (tertiary alicyclic amines) is 1. The van der Waals surface area contributed by atoms with Gasteiger partial charge in [0.05, 0.1) is 11.5 Å². The number of urea groups is 1. The van der Waals surface area contributed by atoms with Gasteiger partial charge in [-0.1, -0.05) is 31.5 Å². The molecule has 2 aliphatic heterocycles. The molecular weight excluding hydrogens is 332 g/mol. The molecule has 140 valence electrons. The second-order valence-electron chi connectivity index (χ2n) is 8.08. The van der Waals surface area contributed by atoms with Gasteiger partial charge in [0.15, 0.2) is 0 Å². The highest BCUT2D eigenvalue weighted by Crippen LogP contribution is 2.49. The molecule has 3 aliphatic rings. The minimum Gasteiger partial charge on any atom is -0.487 e. The monoisotopic (exact) mass is 358 g/mol. The van der Waals surface area contributed by atoms with Crippen molar-refractivity contribution in [1.82, 2.24) is 10.2 Å². The largest absolute Gasteiger partial charge is 0.487 e. The number of nitrogens with zero attached hydrogens (tertiary/aromatic N) is 1. The molecule has 26 heavy (non-hydrogen) atoms. The quantitative estimate of drug-likeness (QED) is 0.871. The van der Waals surface area contributed by atoms with Crippen molar-refractivity contribution in [3.63, 3.8) is 0 Å². The zero-order valence-corrected chi connectivity index (χ0v) is 15.3. The number of carbonyl (C=O) groups is 2. The molecule has 1 saturated heterocycles. The molecular formula is C20H26N2O4. The van der Waals surface area contributed by atoms with Crippen LogP contribution in [0.1, 0.15) is 44.6 Å². The van der Waals surface area contributed by atoms with Gasteiger partial charge in [-0.15, -0.1) is 0 Å². The van der Waals surface area contributed by atoms with E-state index in [1.165, 1.54) is 5.56 Å². The lowest BCUT2D eigenvalue weighted by molar-refractivity contribution is -0.149. The normalized spacial score (nSPS) is 33.3. The average molecular weight is 358 g/mol. The Kier molecular flexibility index (Phi) is 4.09. The number of carboxylic acid groups (broad SMARTS) is 1. The van der Waals surface area contributed by atoms with E-state index in [1.807, 2.05) is 25.1 Å². The molecule has 2 N–H and O–H groups in total. The maximum atomic E-state index is 12.8. The Balaban J connectivity index is 1.41. The van der Waals surface area contributed by atoms with E-state index in [9.17, 15) is 14.7 Å². The van der Waals surface area contributed by atoms with Crippen molar-refractivity contribution in [1.29, 1.82) is 0 Å². The second kappa shape index (κ2) is 6.18. The van der Waals surface area contributed by atoms with E-state index >= 15 is 0 Å². The van der Waals surface area contributed by atoms with Crippen LogP contribution in [0, 0.1) is 11.3 Å². The highest BCUT2D eigenvalue weighted by atomic mass is 16.5. The fourth-order valence-corrected chi connectivity index (χ4v) is 5.09. The SMILES string of the molecule is CC(NC(=O)N1C[C@@H]2CCC[C@@]2(C(=O)O)C1)C1Oc2ccccc2C1C. The number of fused-ring (bicyclic) bond motifs is 2. The summed E-state index contributed by atoms with van der Waals surface area (Å²) in [6.07, 6.45) is 2.38. The molecule has 3 unspecified atom stereocenters. The van der Waals surface area contributed by atoms with Crippen LogP contribution in [0.5, 0.6) is 5.75 Å². The average Bonchev–Trinajstić information content (AvgIpc) is 3.26. The molecule has 0 aromatic heterocycles. The number of carboxylic acids is 1. The number of nitrogens with one attached hydrogen (secondary N) is 1. The van der Waals surface area contributed by atoms with Gasteiger partial charge in [0.2, 0.25) is 0 Å². The lowest BCUT2D eigenvalue weighted by atomic mass is 9.81. The van der Waals surface area contributed by atoms with E-state index in [-0.39, 0.29) is 30.0 Å². The Morgan fingerprint density at radius 2 is 2.15 bits per heavy atom. The first-order chi connectivity index (χ1) is 12.4. The van der Waals surface area contributed by atoms with E-state index in [2.05, 4.69) is 18.3 Å². The molecule has 1 aromatic rings. The van der Waals surface area contributed by atoms with Crippen LogP contribution in [0.15, 0.2) is 24.3 Å². The maximum absolute atomic E-state index is 12.8. The summed E-state index contributed by atoms with van der Waals surface area (Å²) in [5.74, 6) is 0.398. The van der Waals surface area contributed by atoms with Gasteiger partial charge in [-0.3, -0.25) is 4.79 Å². The molecule has 0 bridgehead atoms. The van der Waals surface area contributed by atoms with Crippen molar-refractivity contribution in [2.45, 2.75) is 51.2 Å². The Morgan fingerprint density at radius 1 is 1.38 bits per heavy atom. The highest BCUT2D eigenvalue weighted by molar-refractivity contribution is 5.80. The van der Waals surface area contributed by atoms with E-state index in [0.717, 1.165) is 18.6 Å². The third-order valence-electron chi connectivity index (χ3n) is 6.59. The van der Waals surface area contributed by atoms with Gasteiger partial charge >= 0.3 is 12.0 Å². The number of hydrogen-bond acceptors (Lipinski definition) is 3. The van der Waals surface area contributed by atoms with Crippen LogP contribution >= 0.6 is 0 Å². The van der Waals surface area contributed by atoms with Crippen molar-refractivity contribution >= 4 is 12.0 Å². The van der Waals surface area contributed by atoms with Crippen molar-refractivity contribution in [3.05, 3.63) is 29.8 Å². The first-order valence-electron chi connectivity index (χ1n) is 9.47. The smallest absolute Gasteiger partial charge is 0.317 e. The van der Waals surface area contributed by atoms with E-state index in [1.54, 1.807) is 4.90 Å². The number of aliphatic carboxylic acids is 1. The zero-order chi connectivity index (χ0) is 18.5. The fourth-order valence-electron chi connectivity index (χ4n) is 5.09. The molecule has 4 rings (SSSR count). The molecule has 5 atom stereocenters. The lowest BCUT2D eigenvalue weighted by Crippen LogP contribution is -2.50. The van der Waals surface area contributed by atoms with Crippen molar-refractivity contribution in [2.24, 2.45) is 11.3 Å². The van der Waals surface area contributed by atoms with Crippen LogP contribution in [0.2, 0.25) is 0 Å². The van der Waals surface area contributed by atoms with Gasteiger partial charge in [0.1, 0.15) is 11.9 Å². The van der Waals surface area contributed by atoms with Crippen molar-refractivity contribution in [2.75, 3.05) is 13.1 Å². The number of amides is 2. The Labute approximate surface area is 153 Å². The standard InChI is InChI=1S/C20H26N2O4/c1-12-15-7-3-4-8-16(15)26-17(12)13(2)21-19(25)22-10-14-6-5-9-20(14,11-22)18(23)24/h3-4,7-8,12-14,17H,5-6,9-11H2,1-2H3,(H,21,25)(H,23,24)/t12?,13?,14-,17?,20+/m0/s1. The van der Waals surface area contributed by atoms with E-state index < -0.39 is 11.4 Å². The van der Waals surface area contributed by atoms with Gasteiger partial charge in [-0.25, -0.2) is 4.79 Å². The molecule has 2 amide bonds. The molecule has 2 heterocycles. The predicted molar refractivity (Wildman–Crippen MR) is 96.2 cm³/mol. The van der Waals surface area contributed by atoms with Gasteiger partial charge in [0.25, 0.3) is 0 Å². The summed E-state index contributed by atoms with van der Waals surface area (Å²) in [7, 11) is 0. The molecule has 1 aliphatic carbocycles. The third kappa shape index (κ3) is 2.54. The summed E-state index contributed by atoms with van der Waals surface area (Å²) in [6.45, 7) is 4.91. The molecule has 1 aromatic carbocycles. The number of benzene rings is 1. The van der Waals surface area contributed by atoms with Crippen LogP contribution in [0.4, 0.5) is 4.79 Å². The second-order valence-corrected chi connectivity index (χ2v) is 8.08. The summed E-state index contributed by atoms with van der Waals surface area (Å²) < 4.78 is 6.05. The van der Waals surface area contributed by atoms with Crippen molar-refractivity contribution in [3.8, 4) is 5.75 Å². The summed E-state index contributed by atoms with van der Waals surface area (Å²) in [6, 6.07) is 7.63. The molecule has 0 radical (unpaired) electrons.